The van der Waals surface area contributed by atoms with E-state index in [-0.39, 0.29) is 22.6 Å². The lowest BCUT2D eigenvalue weighted by Gasteiger charge is -2.14. The lowest BCUT2D eigenvalue weighted by molar-refractivity contribution is -0.137. The standard InChI is InChI=1S/C22H16F3NO5/c23-22(24,25)15-2-1-3-18(12-15)31-17-10-6-13(7-11-17)19(27)20(28)26-16-8-4-14(5-9-16)21(29)30/h1-12,20,26,28H,(H,29,30). The van der Waals surface area contributed by atoms with E-state index in [2.05, 4.69) is 5.32 Å². The van der Waals surface area contributed by atoms with E-state index in [1.807, 2.05) is 0 Å². The largest absolute Gasteiger partial charge is 0.478 e. The van der Waals surface area contributed by atoms with Gasteiger partial charge >= 0.3 is 12.1 Å². The van der Waals surface area contributed by atoms with E-state index >= 15 is 0 Å². The first kappa shape index (κ1) is 21.8. The van der Waals surface area contributed by atoms with Gasteiger partial charge in [-0.1, -0.05) is 6.07 Å². The molecule has 3 N–H and O–H groups in total. The third-order valence-corrected chi connectivity index (χ3v) is 4.22. The molecule has 0 heterocycles. The molecule has 0 spiro atoms. The summed E-state index contributed by atoms with van der Waals surface area (Å²) in [6, 6.07) is 15.4. The number of hydrogen-bond acceptors (Lipinski definition) is 5. The maximum Gasteiger partial charge on any atom is 0.416 e. The molecular weight excluding hydrogens is 415 g/mol. The number of ketones is 1. The minimum absolute atomic E-state index is 0.0135. The van der Waals surface area contributed by atoms with Crippen molar-refractivity contribution in [1.82, 2.24) is 0 Å². The molecule has 0 aliphatic heterocycles. The molecule has 0 radical (unpaired) electrons. The van der Waals surface area contributed by atoms with Crippen molar-refractivity contribution < 1.29 is 37.7 Å². The summed E-state index contributed by atoms with van der Waals surface area (Å²) in [7, 11) is 0. The molecular formula is C22H16F3NO5. The van der Waals surface area contributed by atoms with E-state index in [1.165, 1.54) is 60.7 Å². The molecule has 0 saturated heterocycles. The van der Waals surface area contributed by atoms with Gasteiger partial charge in [0, 0.05) is 11.3 Å². The fourth-order valence-electron chi connectivity index (χ4n) is 2.65. The number of aliphatic hydroxyl groups is 1. The highest BCUT2D eigenvalue weighted by Gasteiger charge is 2.30. The van der Waals surface area contributed by atoms with Gasteiger partial charge in [-0.3, -0.25) is 4.79 Å². The number of alkyl halides is 3. The van der Waals surface area contributed by atoms with Crippen LogP contribution in [0.2, 0.25) is 0 Å². The average Bonchev–Trinajstić information content (AvgIpc) is 2.74. The Labute approximate surface area is 174 Å². The number of halogens is 3. The predicted molar refractivity (Wildman–Crippen MR) is 105 cm³/mol. The number of rotatable bonds is 7. The molecule has 0 bridgehead atoms. The van der Waals surface area contributed by atoms with Crippen molar-refractivity contribution in [2.75, 3.05) is 5.32 Å². The molecule has 0 fully saturated rings. The van der Waals surface area contributed by atoms with Crippen LogP contribution in [0.5, 0.6) is 11.5 Å². The minimum atomic E-state index is -4.49. The van der Waals surface area contributed by atoms with Crippen molar-refractivity contribution in [1.29, 1.82) is 0 Å². The van der Waals surface area contributed by atoms with Crippen LogP contribution in [0.15, 0.2) is 72.8 Å². The summed E-state index contributed by atoms with van der Waals surface area (Å²) >= 11 is 0. The molecule has 0 aromatic heterocycles. The summed E-state index contributed by atoms with van der Waals surface area (Å²) in [6.07, 6.45) is -6.09. The molecule has 3 aromatic carbocycles. The molecule has 3 rings (SSSR count). The molecule has 0 saturated carbocycles. The van der Waals surface area contributed by atoms with Crippen molar-refractivity contribution in [3.63, 3.8) is 0 Å². The number of ether oxygens (including phenoxy) is 1. The molecule has 0 aliphatic carbocycles. The van der Waals surface area contributed by atoms with Crippen molar-refractivity contribution >= 4 is 17.4 Å². The number of carboxylic acid groups (broad SMARTS) is 1. The van der Waals surface area contributed by atoms with Gasteiger partial charge in [-0.05, 0) is 66.7 Å². The fraction of sp³-hybridized carbons (Fsp3) is 0.0909. The molecule has 160 valence electrons. The lowest BCUT2D eigenvalue weighted by Crippen LogP contribution is -2.29. The zero-order valence-electron chi connectivity index (χ0n) is 15.8. The summed E-state index contributed by atoms with van der Waals surface area (Å²) in [6.45, 7) is 0. The SMILES string of the molecule is O=C(O)c1ccc(NC(O)C(=O)c2ccc(Oc3cccc(C(F)(F)F)c3)cc2)cc1. The highest BCUT2D eigenvalue weighted by molar-refractivity contribution is 6.00. The Bertz CT molecular complexity index is 1080. The highest BCUT2D eigenvalue weighted by atomic mass is 19.4. The molecule has 1 unspecified atom stereocenters. The van der Waals surface area contributed by atoms with Gasteiger partial charge in [-0.15, -0.1) is 0 Å². The van der Waals surface area contributed by atoms with Gasteiger partial charge in [-0.25, -0.2) is 4.79 Å². The number of carbonyl (C=O) groups is 2. The summed E-state index contributed by atoms with van der Waals surface area (Å²) < 4.78 is 43.8. The first-order valence-corrected chi connectivity index (χ1v) is 8.91. The van der Waals surface area contributed by atoms with Gasteiger partial charge in [0.25, 0.3) is 0 Å². The Morgan fingerprint density at radius 1 is 0.871 bits per heavy atom. The quantitative estimate of drug-likeness (QED) is 0.367. The second kappa shape index (κ2) is 8.88. The number of anilines is 1. The normalized spacial score (nSPS) is 12.1. The van der Waals surface area contributed by atoms with E-state index in [9.17, 15) is 27.9 Å². The van der Waals surface area contributed by atoms with Crippen LogP contribution in [-0.2, 0) is 6.18 Å². The van der Waals surface area contributed by atoms with Crippen LogP contribution in [-0.4, -0.2) is 28.2 Å². The number of hydrogen-bond donors (Lipinski definition) is 3. The monoisotopic (exact) mass is 431 g/mol. The second-order valence-electron chi connectivity index (χ2n) is 6.45. The summed E-state index contributed by atoms with van der Waals surface area (Å²) in [5.41, 5.74) is -0.306. The minimum Gasteiger partial charge on any atom is -0.478 e. The molecule has 31 heavy (non-hydrogen) atoms. The number of benzene rings is 3. The van der Waals surface area contributed by atoms with Crippen molar-refractivity contribution in [2.24, 2.45) is 0 Å². The zero-order chi connectivity index (χ0) is 22.6. The van der Waals surface area contributed by atoms with Crippen LogP contribution >= 0.6 is 0 Å². The Morgan fingerprint density at radius 3 is 2.06 bits per heavy atom. The van der Waals surface area contributed by atoms with E-state index in [0.29, 0.717) is 5.69 Å². The Hall–Kier alpha value is -3.85. The molecule has 3 aromatic rings. The summed E-state index contributed by atoms with van der Waals surface area (Å²) in [5.74, 6) is -1.56. The van der Waals surface area contributed by atoms with Crippen LogP contribution in [0.3, 0.4) is 0 Å². The molecule has 6 nitrogen and oxygen atoms in total. The topological polar surface area (TPSA) is 95.9 Å². The van der Waals surface area contributed by atoms with E-state index in [1.54, 1.807) is 0 Å². The number of aliphatic hydroxyl groups excluding tert-OH is 1. The van der Waals surface area contributed by atoms with Crippen molar-refractivity contribution in [3.8, 4) is 11.5 Å². The van der Waals surface area contributed by atoms with Gasteiger partial charge in [0.05, 0.1) is 11.1 Å². The van der Waals surface area contributed by atoms with E-state index in [0.717, 1.165) is 12.1 Å². The van der Waals surface area contributed by atoms with Crippen LogP contribution in [0.1, 0.15) is 26.3 Å². The molecule has 0 aliphatic rings. The summed E-state index contributed by atoms with van der Waals surface area (Å²) in [4.78, 5) is 23.2. The second-order valence-corrected chi connectivity index (χ2v) is 6.45. The van der Waals surface area contributed by atoms with Crippen LogP contribution in [0, 0.1) is 0 Å². The number of carboxylic acids is 1. The van der Waals surface area contributed by atoms with Crippen molar-refractivity contribution in [3.05, 3.63) is 89.5 Å². The molecule has 1 atom stereocenters. The lowest BCUT2D eigenvalue weighted by atomic mass is 10.1. The van der Waals surface area contributed by atoms with Gasteiger partial charge in [0.15, 0.2) is 6.23 Å². The van der Waals surface area contributed by atoms with Crippen LogP contribution < -0.4 is 10.1 Å². The molecule has 0 amide bonds. The number of carbonyl (C=O) groups excluding carboxylic acids is 1. The fourth-order valence-corrected chi connectivity index (χ4v) is 2.65. The van der Waals surface area contributed by atoms with Gasteiger partial charge in [-0.2, -0.15) is 13.2 Å². The van der Waals surface area contributed by atoms with Gasteiger partial charge in [0.1, 0.15) is 11.5 Å². The Balaban J connectivity index is 1.65. The summed E-state index contributed by atoms with van der Waals surface area (Å²) in [5, 5.41) is 21.5. The van der Waals surface area contributed by atoms with E-state index < -0.39 is 29.7 Å². The van der Waals surface area contributed by atoms with Gasteiger partial charge < -0.3 is 20.3 Å². The zero-order valence-corrected chi connectivity index (χ0v) is 15.8. The third kappa shape index (κ3) is 5.61. The smallest absolute Gasteiger partial charge is 0.416 e. The maximum absolute atomic E-state index is 12.8. The van der Waals surface area contributed by atoms with Crippen LogP contribution in [0.4, 0.5) is 18.9 Å². The first-order valence-electron chi connectivity index (χ1n) is 8.91. The third-order valence-electron chi connectivity index (χ3n) is 4.22. The highest BCUT2D eigenvalue weighted by Crippen LogP contribution is 2.32. The Kier molecular flexibility index (Phi) is 6.26. The van der Waals surface area contributed by atoms with E-state index in [4.69, 9.17) is 9.84 Å². The number of Topliss-reactive ketones (excluding diaryl/α,β-unsaturated/α-hetero) is 1. The van der Waals surface area contributed by atoms with Crippen LogP contribution in [0.25, 0.3) is 0 Å². The first-order chi connectivity index (χ1) is 14.6. The maximum atomic E-state index is 12.8. The Morgan fingerprint density at radius 2 is 1.48 bits per heavy atom. The van der Waals surface area contributed by atoms with Gasteiger partial charge in [0.2, 0.25) is 5.78 Å². The van der Waals surface area contributed by atoms with Crippen molar-refractivity contribution in [2.45, 2.75) is 12.4 Å². The average molecular weight is 431 g/mol. The number of nitrogens with one attached hydrogen (secondary N) is 1. The molecule has 9 heteroatoms. The number of aromatic carboxylic acids is 1. The predicted octanol–water partition coefficient (Wildman–Crippen LogP) is 4.81.